The fourth-order valence-electron chi connectivity index (χ4n) is 7.89. The molecule has 3 fully saturated rings. The monoisotopic (exact) mass is 866 g/mol. The lowest BCUT2D eigenvalue weighted by Gasteiger charge is -2.36. The molecule has 18 heteroatoms. The van der Waals surface area contributed by atoms with Gasteiger partial charge in [0.05, 0.1) is 35.7 Å². The van der Waals surface area contributed by atoms with Crippen LogP contribution in [-0.4, -0.2) is 103 Å². The molecule has 3 aromatic rings. The van der Waals surface area contributed by atoms with Gasteiger partial charge < -0.3 is 38.9 Å². The zero-order chi connectivity index (χ0) is 43.0. The minimum Gasteiger partial charge on any atom is -0.432 e. The summed E-state index contributed by atoms with van der Waals surface area (Å²) in [5, 5.41) is 3.62. The lowest BCUT2D eigenvalue weighted by Crippen LogP contribution is -2.56. The van der Waals surface area contributed by atoms with E-state index in [1.807, 2.05) is 30.3 Å². The van der Waals surface area contributed by atoms with Gasteiger partial charge in [0.15, 0.2) is 0 Å². The smallest absolute Gasteiger partial charge is 0.432 e. The van der Waals surface area contributed by atoms with Crippen LogP contribution >= 0.6 is 18.9 Å². The number of ether oxygens (including phenoxy) is 4. The van der Waals surface area contributed by atoms with Gasteiger partial charge in [-0.05, 0) is 88.1 Å². The molecule has 1 aromatic heterocycles. The van der Waals surface area contributed by atoms with Crippen LogP contribution in [0.5, 0.6) is 0 Å². The number of hydrogen-bond donors (Lipinski definition) is 1. The van der Waals surface area contributed by atoms with Crippen LogP contribution in [0.2, 0.25) is 0 Å². The topological polar surface area (TPSA) is 181 Å². The number of thiophene rings is 1. The molecule has 2 aromatic carbocycles. The third-order valence-electron chi connectivity index (χ3n) is 10.6. The Kier molecular flexibility index (Phi) is 14.9. The van der Waals surface area contributed by atoms with E-state index in [9.17, 15) is 28.5 Å². The molecule has 3 saturated heterocycles. The molecule has 60 heavy (non-hydrogen) atoms. The molecule has 1 N–H and O–H groups in total. The van der Waals surface area contributed by atoms with Crippen molar-refractivity contribution in [2.45, 2.75) is 115 Å². The van der Waals surface area contributed by atoms with Crippen molar-refractivity contribution in [2.75, 3.05) is 26.7 Å². The van der Waals surface area contributed by atoms with E-state index < -0.39 is 63.7 Å². The number of carbonyl (C=O) groups is 5. The summed E-state index contributed by atoms with van der Waals surface area (Å²) < 4.78 is 44.9. The summed E-state index contributed by atoms with van der Waals surface area (Å²) in [7, 11) is -4.13. The fourth-order valence-corrected chi connectivity index (χ4v) is 10.2. The highest BCUT2D eigenvalue weighted by atomic mass is 32.1. The molecule has 0 aliphatic carbocycles. The second-order valence-electron chi connectivity index (χ2n) is 15.6. The number of nitrogens with zero attached hydrogens (tertiary/aromatic N) is 3. The van der Waals surface area contributed by atoms with Crippen molar-refractivity contribution >= 4 is 59.1 Å². The van der Waals surface area contributed by atoms with Gasteiger partial charge in [-0.1, -0.05) is 49.2 Å². The maximum absolute atomic E-state index is 14.3. The van der Waals surface area contributed by atoms with E-state index in [-0.39, 0.29) is 36.0 Å². The van der Waals surface area contributed by atoms with Crippen molar-refractivity contribution in [3.63, 3.8) is 0 Å². The number of benzene rings is 2. The zero-order valence-electron chi connectivity index (χ0n) is 34.1. The predicted molar refractivity (Wildman–Crippen MR) is 220 cm³/mol. The Morgan fingerprint density at radius 1 is 0.883 bits per heavy atom. The number of hydrogen-bond acceptors (Lipinski definition) is 13. The molecular formula is C42H51N4O12PS. The molecule has 0 unspecified atom stereocenters. The van der Waals surface area contributed by atoms with Gasteiger partial charge in [0.25, 0.3) is 5.91 Å². The van der Waals surface area contributed by atoms with Crippen LogP contribution in [0.1, 0.15) is 92.9 Å². The van der Waals surface area contributed by atoms with Gasteiger partial charge in [0.1, 0.15) is 12.1 Å². The minimum absolute atomic E-state index is 0.105. The van der Waals surface area contributed by atoms with E-state index >= 15 is 0 Å². The maximum Gasteiger partial charge on any atom is 0.510 e. The van der Waals surface area contributed by atoms with E-state index in [1.165, 1.54) is 11.3 Å². The Morgan fingerprint density at radius 2 is 1.55 bits per heavy atom. The SMILES string of the molecule is [C-]#[N+][C@H]1CN(C(=O)[C@@H]2CC[C@@H]3CCCC[C@H](NC(=O)c4cc5cc(CP(=O)(OCOC(=O)OC(C)C)OCOC(=O)OC(C)C)ccc5s4)C(=O)N32)C[C@@H]1c1ccccc1. The molecule has 6 rings (SSSR count). The lowest BCUT2D eigenvalue weighted by molar-refractivity contribution is -0.146. The quantitative estimate of drug-likeness (QED) is 0.0726. The van der Waals surface area contributed by atoms with Gasteiger partial charge in [-0.3, -0.25) is 28.0 Å². The molecule has 0 saturated carbocycles. The molecule has 0 spiro atoms. The Morgan fingerprint density at radius 3 is 2.20 bits per heavy atom. The highest BCUT2D eigenvalue weighted by Gasteiger charge is 2.48. The number of nitrogens with one attached hydrogen (secondary N) is 1. The molecule has 3 aliphatic heterocycles. The summed E-state index contributed by atoms with van der Waals surface area (Å²) in [6.45, 7) is 13.5. The second-order valence-corrected chi connectivity index (χ2v) is 18.8. The average Bonchev–Trinajstić information content (AvgIpc) is 3.94. The Labute approximate surface area is 353 Å². The van der Waals surface area contributed by atoms with E-state index in [2.05, 4.69) is 10.2 Å². The van der Waals surface area contributed by atoms with Crippen LogP contribution in [0.3, 0.4) is 0 Å². The first kappa shape index (κ1) is 44.5. The standard InChI is InChI=1S/C42H51N4O12PS/c1-26(2)57-41(50)53-24-55-59(52,56-25-54-42(51)58-27(3)4)23-28-15-18-36-30(19-28)20-37(60-36)38(47)44-33-14-10-9-13-31-16-17-35(46(31)39(33)48)40(49)45-21-32(34(22-45)43-5)29-11-7-6-8-12-29/h6-8,11-12,15,18-20,26-27,31-35H,9-10,13-14,16-17,21-25H2,1-4H3,(H,44,47)/t31-,32+,33-,34-,35-/m0/s1. The first-order valence-electron chi connectivity index (χ1n) is 20.1. The van der Waals surface area contributed by atoms with Crippen molar-refractivity contribution in [1.29, 1.82) is 0 Å². The minimum atomic E-state index is -4.13. The predicted octanol–water partition coefficient (Wildman–Crippen LogP) is 7.61. The van der Waals surface area contributed by atoms with Crippen LogP contribution in [0.15, 0.2) is 54.6 Å². The summed E-state index contributed by atoms with van der Waals surface area (Å²) in [6, 6.07) is 14.6. The Bertz CT molecular complexity index is 2090. The molecule has 3 aliphatic rings. The normalized spacial score (nSPS) is 21.9. The molecule has 5 atom stereocenters. The van der Waals surface area contributed by atoms with E-state index in [0.717, 1.165) is 29.5 Å². The molecule has 3 amide bonds. The van der Waals surface area contributed by atoms with Gasteiger partial charge in [-0.2, -0.15) is 0 Å². The highest BCUT2D eigenvalue weighted by Crippen LogP contribution is 2.52. The largest absolute Gasteiger partial charge is 0.510 e. The first-order chi connectivity index (χ1) is 28.7. The molecule has 4 heterocycles. The number of amides is 3. The van der Waals surface area contributed by atoms with Crippen LogP contribution < -0.4 is 5.32 Å². The number of fused-ring (bicyclic) bond motifs is 2. The van der Waals surface area contributed by atoms with Gasteiger partial charge in [-0.15, -0.1) is 11.3 Å². The van der Waals surface area contributed by atoms with Crippen molar-refractivity contribution in [2.24, 2.45) is 0 Å². The summed E-state index contributed by atoms with van der Waals surface area (Å²) in [5.41, 5.74) is 1.50. The van der Waals surface area contributed by atoms with E-state index in [4.69, 9.17) is 34.6 Å². The van der Waals surface area contributed by atoms with Crippen molar-refractivity contribution in [3.8, 4) is 0 Å². The highest BCUT2D eigenvalue weighted by molar-refractivity contribution is 7.53. The summed E-state index contributed by atoms with van der Waals surface area (Å²) in [4.78, 5) is 73.7. The van der Waals surface area contributed by atoms with Gasteiger partial charge in [0.2, 0.25) is 31.4 Å². The van der Waals surface area contributed by atoms with E-state index in [0.29, 0.717) is 48.2 Å². The lowest BCUT2D eigenvalue weighted by atomic mass is 9.95. The average molecular weight is 867 g/mol. The van der Waals surface area contributed by atoms with Crippen LogP contribution in [-0.2, 0) is 48.3 Å². The summed E-state index contributed by atoms with van der Waals surface area (Å²) in [6.07, 6.45) is 0.715. The third kappa shape index (κ3) is 11.2. The number of rotatable bonds is 14. The van der Waals surface area contributed by atoms with Crippen LogP contribution in [0, 0.1) is 6.57 Å². The molecule has 16 nitrogen and oxygen atoms in total. The molecular weight excluding hydrogens is 816 g/mol. The van der Waals surface area contributed by atoms with Gasteiger partial charge in [0, 0.05) is 17.3 Å². The third-order valence-corrected chi connectivity index (χ3v) is 13.5. The Balaban J connectivity index is 1.12. The van der Waals surface area contributed by atoms with E-state index in [1.54, 1.807) is 61.8 Å². The second kappa shape index (κ2) is 20.0. The molecule has 0 radical (unpaired) electrons. The van der Waals surface area contributed by atoms with Crippen molar-refractivity contribution in [1.82, 2.24) is 15.1 Å². The summed E-state index contributed by atoms with van der Waals surface area (Å²) >= 11 is 1.22. The van der Waals surface area contributed by atoms with Crippen molar-refractivity contribution in [3.05, 3.63) is 82.0 Å². The van der Waals surface area contributed by atoms with Gasteiger partial charge >= 0.3 is 19.9 Å². The van der Waals surface area contributed by atoms with Gasteiger partial charge in [-0.25, -0.2) is 16.2 Å². The van der Waals surface area contributed by atoms with Crippen LogP contribution in [0.4, 0.5) is 9.59 Å². The molecule has 0 bridgehead atoms. The van der Waals surface area contributed by atoms with Crippen LogP contribution in [0.25, 0.3) is 14.9 Å². The number of carbonyl (C=O) groups excluding carboxylic acids is 5. The zero-order valence-corrected chi connectivity index (χ0v) is 35.8. The molecule has 322 valence electrons. The Hall–Kier alpha value is -5.01. The summed E-state index contributed by atoms with van der Waals surface area (Å²) in [5.74, 6) is -0.960. The fraction of sp³-hybridized carbons (Fsp3) is 0.524. The first-order valence-corrected chi connectivity index (χ1v) is 22.7. The van der Waals surface area contributed by atoms with Crippen molar-refractivity contribution < 1.29 is 56.5 Å². The number of likely N-dealkylation sites (tertiary alicyclic amines) is 1. The maximum atomic E-state index is 14.3.